The van der Waals surface area contributed by atoms with Crippen LogP contribution in [0.15, 0.2) is 0 Å². The van der Waals surface area contributed by atoms with Gasteiger partial charge in [0, 0.05) is 0 Å². The molecule has 0 aromatic rings. The van der Waals surface area contributed by atoms with Crippen LogP contribution in [-0.2, 0) is 19.1 Å². The molecule has 0 bridgehead atoms. The minimum atomic E-state index is -0.840. The summed E-state index contributed by atoms with van der Waals surface area (Å²) in [4.78, 5) is 46.7. The third-order valence-corrected chi connectivity index (χ3v) is 3.38. The van der Waals surface area contributed by atoms with Crippen LogP contribution >= 0.6 is 0 Å². The number of hydrogen-bond donors (Lipinski definition) is 3. The molecule has 0 aromatic heterocycles. The van der Waals surface area contributed by atoms with E-state index < -0.39 is 36.0 Å². The second-order valence-corrected chi connectivity index (χ2v) is 6.47. The van der Waals surface area contributed by atoms with E-state index in [-0.39, 0.29) is 11.8 Å². The molecule has 2 unspecified atom stereocenters. The molecule has 24 heavy (non-hydrogen) atoms. The fourth-order valence-electron chi connectivity index (χ4n) is 2.05. The van der Waals surface area contributed by atoms with Crippen LogP contribution in [0.2, 0.25) is 0 Å². The van der Waals surface area contributed by atoms with Crippen molar-refractivity contribution in [3.63, 3.8) is 0 Å². The Labute approximate surface area is 143 Å². The van der Waals surface area contributed by atoms with Gasteiger partial charge in [0.15, 0.2) is 0 Å². The van der Waals surface area contributed by atoms with Crippen LogP contribution in [0.1, 0.15) is 41.0 Å². The lowest BCUT2D eigenvalue weighted by molar-refractivity contribution is -0.131. The summed E-state index contributed by atoms with van der Waals surface area (Å²) in [7, 11) is 1.20. The molecule has 8 nitrogen and oxygen atoms in total. The van der Waals surface area contributed by atoms with Gasteiger partial charge in [-0.15, -0.1) is 0 Å². The van der Waals surface area contributed by atoms with Crippen molar-refractivity contribution >= 4 is 24.2 Å². The summed E-state index contributed by atoms with van der Waals surface area (Å²) in [5, 5.41) is 7.55. The molecule has 0 aliphatic carbocycles. The maximum absolute atomic E-state index is 12.3. The Kier molecular flexibility index (Phi) is 9.68. The van der Waals surface area contributed by atoms with Gasteiger partial charge >= 0.3 is 6.09 Å². The smallest absolute Gasteiger partial charge is 0.407 e. The van der Waals surface area contributed by atoms with Crippen LogP contribution in [0.4, 0.5) is 4.79 Å². The van der Waals surface area contributed by atoms with Gasteiger partial charge in [-0.2, -0.15) is 0 Å². The van der Waals surface area contributed by atoms with E-state index in [0.29, 0.717) is 12.7 Å². The van der Waals surface area contributed by atoms with E-state index in [4.69, 9.17) is 0 Å². The molecule has 0 fully saturated rings. The third-order valence-electron chi connectivity index (χ3n) is 3.38. The fraction of sp³-hybridized carbons (Fsp3) is 0.750. The maximum Gasteiger partial charge on any atom is 0.407 e. The Morgan fingerprint density at radius 1 is 0.958 bits per heavy atom. The number of rotatable bonds is 9. The molecule has 0 spiro atoms. The summed E-state index contributed by atoms with van der Waals surface area (Å²) in [6, 6.07) is -2.26. The number of carbonyl (C=O) groups excluding carboxylic acids is 4. The Morgan fingerprint density at radius 3 is 1.96 bits per heavy atom. The van der Waals surface area contributed by atoms with E-state index in [0.717, 1.165) is 0 Å². The summed E-state index contributed by atoms with van der Waals surface area (Å²) >= 11 is 0. The van der Waals surface area contributed by atoms with Crippen molar-refractivity contribution in [2.45, 2.75) is 59.2 Å². The van der Waals surface area contributed by atoms with E-state index in [1.165, 1.54) is 14.0 Å². The lowest BCUT2D eigenvalue weighted by Crippen LogP contribution is -2.55. The molecule has 0 radical (unpaired) electrons. The minimum Gasteiger partial charge on any atom is -0.453 e. The monoisotopic (exact) mass is 343 g/mol. The first-order valence-electron chi connectivity index (χ1n) is 8.02. The summed E-state index contributed by atoms with van der Waals surface area (Å²) in [5.74, 6) is -0.894. The second kappa shape index (κ2) is 10.6. The molecule has 3 amide bonds. The van der Waals surface area contributed by atoms with E-state index in [1.54, 1.807) is 13.8 Å². The molecule has 0 aliphatic heterocycles. The van der Waals surface area contributed by atoms with Gasteiger partial charge in [0.05, 0.1) is 13.2 Å². The Bertz CT molecular complexity index is 451. The van der Waals surface area contributed by atoms with Gasteiger partial charge in [0.1, 0.15) is 18.4 Å². The SMILES string of the molecule is COC(=O)NC(C(=O)N[C@@H](C)C(=O)NC(C=O)CC(C)C)C(C)C. The zero-order valence-corrected chi connectivity index (χ0v) is 15.2. The zero-order valence-electron chi connectivity index (χ0n) is 15.2. The molecule has 0 saturated heterocycles. The largest absolute Gasteiger partial charge is 0.453 e. The summed E-state index contributed by atoms with van der Waals surface area (Å²) < 4.78 is 4.49. The van der Waals surface area contributed by atoms with Crippen LogP contribution < -0.4 is 16.0 Å². The predicted octanol–water partition coefficient (Wildman–Crippen LogP) is 0.601. The van der Waals surface area contributed by atoms with Gasteiger partial charge in [0.25, 0.3) is 0 Å². The first-order chi connectivity index (χ1) is 11.1. The number of hydrogen-bond acceptors (Lipinski definition) is 5. The number of ether oxygens (including phenoxy) is 1. The van der Waals surface area contributed by atoms with Gasteiger partial charge < -0.3 is 25.5 Å². The number of methoxy groups -OCH3 is 1. The second-order valence-electron chi connectivity index (χ2n) is 6.47. The van der Waals surface area contributed by atoms with Crippen LogP contribution in [0.3, 0.4) is 0 Å². The van der Waals surface area contributed by atoms with Crippen molar-refractivity contribution in [1.29, 1.82) is 0 Å². The van der Waals surface area contributed by atoms with E-state index in [2.05, 4.69) is 20.7 Å². The summed E-state index contributed by atoms with van der Waals surface area (Å²) in [6.07, 6.45) is 0.482. The highest BCUT2D eigenvalue weighted by Gasteiger charge is 2.27. The minimum absolute atomic E-state index is 0.192. The van der Waals surface area contributed by atoms with E-state index >= 15 is 0 Å². The Balaban J connectivity index is 4.72. The van der Waals surface area contributed by atoms with Gasteiger partial charge in [-0.25, -0.2) is 4.79 Å². The number of carbonyl (C=O) groups is 4. The molecule has 0 heterocycles. The molecule has 8 heteroatoms. The molecule has 0 saturated carbocycles. The molecule has 3 atom stereocenters. The van der Waals surface area contributed by atoms with Gasteiger partial charge in [-0.3, -0.25) is 9.59 Å². The maximum atomic E-state index is 12.3. The van der Waals surface area contributed by atoms with Crippen molar-refractivity contribution in [3.05, 3.63) is 0 Å². The molecule has 138 valence electrons. The van der Waals surface area contributed by atoms with Crippen LogP contribution in [0, 0.1) is 11.8 Å². The number of amides is 3. The lowest BCUT2D eigenvalue weighted by Gasteiger charge is -2.24. The number of aldehydes is 1. The van der Waals surface area contributed by atoms with Crippen molar-refractivity contribution in [3.8, 4) is 0 Å². The van der Waals surface area contributed by atoms with Gasteiger partial charge in [0.2, 0.25) is 11.8 Å². The van der Waals surface area contributed by atoms with Crippen molar-refractivity contribution in [2.75, 3.05) is 7.11 Å². The summed E-state index contributed by atoms with van der Waals surface area (Å²) in [6.45, 7) is 8.92. The third kappa shape index (κ3) is 7.94. The predicted molar refractivity (Wildman–Crippen MR) is 89.2 cm³/mol. The molecular weight excluding hydrogens is 314 g/mol. The first kappa shape index (κ1) is 21.9. The van der Waals surface area contributed by atoms with Crippen molar-refractivity contribution < 1.29 is 23.9 Å². The average molecular weight is 343 g/mol. The number of nitrogens with one attached hydrogen (secondary N) is 3. The van der Waals surface area contributed by atoms with Crippen LogP contribution in [0.5, 0.6) is 0 Å². The highest BCUT2D eigenvalue weighted by Crippen LogP contribution is 2.05. The van der Waals surface area contributed by atoms with Gasteiger partial charge in [-0.1, -0.05) is 27.7 Å². The molecule has 0 rings (SSSR count). The average Bonchev–Trinajstić information content (AvgIpc) is 2.50. The van der Waals surface area contributed by atoms with Gasteiger partial charge in [-0.05, 0) is 25.2 Å². The zero-order chi connectivity index (χ0) is 18.9. The van der Waals surface area contributed by atoms with Crippen LogP contribution in [-0.4, -0.2) is 49.4 Å². The molecule has 0 aliphatic rings. The number of alkyl carbamates (subject to hydrolysis) is 1. The van der Waals surface area contributed by atoms with E-state index in [1.807, 2.05) is 13.8 Å². The lowest BCUT2D eigenvalue weighted by atomic mass is 10.0. The molecule has 3 N–H and O–H groups in total. The van der Waals surface area contributed by atoms with Crippen molar-refractivity contribution in [2.24, 2.45) is 11.8 Å². The quantitative estimate of drug-likeness (QED) is 0.531. The topological polar surface area (TPSA) is 114 Å². The molecule has 0 aromatic carbocycles. The Hall–Kier alpha value is -2.12. The highest BCUT2D eigenvalue weighted by atomic mass is 16.5. The fourth-order valence-corrected chi connectivity index (χ4v) is 2.05. The Morgan fingerprint density at radius 2 is 1.54 bits per heavy atom. The van der Waals surface area contributed by atoms with Crippen LogP contribution in [0.25, 0.3) is 0 Å². The van der Waals surface area contributed by atoms with Crippen molar-refractivity contribution in [1.82, 2.24) is 16.0 Å². The first-order valence-corrected chi connectivity index (χ1v) is 8.02. The highest BCUT2D eigenvalue weighted by molar-refractivity contribution is 5.91. The summed E-state index contributed by atoms with van der Waals surface area (Å²) in [5.41, 5.74) is 0. The molecular formula is C16H29N3O5. The standard InChI is InChI=1S/C16H29N3O5/c1-9(2)7-12(8-20)18-14(21)11(5)17-15(22)13(10(3)4)19-16(23)24-6/h8-13H,7H2,1-6H3,(H,17,22)(H,18,21)(H,19,23)/t11-,12?,13?/m0/s1. The van der Waals surface area contributed by atoms with E-state index in [9.17, 15) is 19.2 Å². The normalized spacial score (nSPS) is 14.5.